The largest absolute Gasteiger partial charge is 0.444 e. The molecule has 1 heterocycles. The number of carbonyl (C=O) groups is 1. The fraction of sp³-hybridized carbons (Fsp3) is 0.944. The molecule has 0 aromatic heterocycles. The van der Waals surface area contributed by atoms with Crippen molar-refractivity contribution in [2.75, 3.05) is 25.0 Å². The lowest BCUT2D eigenvalue weighted by molar-refractivity contribution is -0.0694. The van der Waals surface area contributed by atoms with Gasteiger partial charge in [-0.1, -0.05) is 48.5 Å². The van der Waals surface area contributed by atoms with E-state index in [0.717, 1.165) is 31.2 Å². The Morgan fingerprint density at radius 1 is 1.13 bits per heavy atom. The van der Waals surface area contributed by atoms with Crippen LogP contribution in [0.4, 0.5) is 4.79 Å². The number of piperidine rings is 1. The quantitative estimate of drug-likeness (QED) is 0.424. The van der Waals surface area contributed by atoms with Crippen molar-refractivity contribution in [3.05, 3.63) is 0 Å². The SMILES string of the molecule is CCCCCCCOC1(CBr)CCN(C(=O)OC(C)(C)C)CC1. The number of unbranched alkanes of at least 4 members (excludes halogenated alkanes) is 4. The summed E-state index contributed by atoms with van der Waals surface area (Å²) in [4.78, 5) is 13.9. The van der Waals surface area contributed by atoms with Crippen LogP contribution in [0.25, 0.3) is 0 Å². The molecule has 0 saturated carbocycles. The van der Waals surface area contributed by atoms with Crippen LogP contribution in [0, 0.1) is 0 Å². The van der Waals surface area contributed by atoms with Crippen LogP contribution in [0.15, 0.2) is 0 Å². The number of halogens is 1. The molecule has 23 heavy (non-hydrogen) atoms. The minimum Gasteiger partial charge on any atom is -0.444 e. The standard InChI is InChI=1S/C18H34BrNO3/c1-5-6-7-8-9-14-22-18(15-19)10-12-20(13-11-18)16(21)23-17(2,3)4/h5-15H2,1-4H3. The van der Waals surface area contributed by atoms with Crippen LogP contribution >= 0.6 is 15.9 Å². The van der Waals surface area contributed by atoms with Crippen molar-refractivity contribution in [2.24, 2.45) is 0 Å². The minimum absolute atomic E-state index is 0.122. The predicted octanol–water partition coefficient (Wildman–Crippen LogP) is 5.14. The number of alkyl halides is 1. The molecular formula is C18H34BrNO3. The maximum Gasteiger partial charge on any atom is 0.410 e. The van der Waals surface area contributed by atoms with E-state index in [4.69, 9.17) is 9.47 Å². The third kappa shape index (κ3) is 7.88. The van der Waals surface area contributed by atoms with Gasteiger partial charge < -0.3 is 14.4 Å². The number of ether oxygens (including phenoxy) is 2. The van der Waals surface area contributed by atoms with Crippen molar-refractivity contribution < 1.29 is 14.3 Å². The summed E-state index contributed by atoms with van der Waals surface area (Å²) in [5.41, 5.74) is -0.556. The van der Waals surface area contributed by atoms with Gasteiger partial charge in [0.05, 0.1) is 5.60 Å². The Morgan fingerprint density at radius 3 is 2.26 bits per heavy atom. The lowest BCUT2D eigenvalue weighted by Crippen LogP contribution is -2.50. The summed E-state index contributed by atoms with van der Waals surface area (Å²) < 4.78 is 11.7. The van der Waals surface area contributed by atoms with Crippen molar-refractivity contribution in [1.29, 1.82) is 0 Å². The summed E-state index contributed by atoms with van der Waals surface area (Å²) in [6.45, 7) is 10.2. The van der Waals surface area contributed by atoms with Crippen LogP contribution in [0.5, 0.6) is 0 Å². The molecule has 136 valence electrons. The Bertz CT molecular complexity index is 347. The molecule has 1 aliphatic heterocycles. The molecule has 1 fully saturated rings. The lowest BCUT2D eigenvalue weighted by atomic mass is 9.93. The van der Waals surface area contributed by atoms with Crippen LogP contribution in [-0.2, 0) is 9.47 Å². The molecule has 0 aliphatic carbocycles. The minimum atomic E-state index is -0.434. The molecule has 1 saturated heterocycles. The molecule has 5 heteroatoms. The third-order valence-electron chi connectivity index (χ3n) is 4.23. The maximum absolute atomic E-state index is 12.1. The highest BCUT2D eigenvalue weighted by Gasteiger charge is 2.37. The van der Waals surface area contributed by atoms with Gasteiger partial charge in [0.25, 0.3) is 0 Å². The van der Waals surface area contributed by atoms with Gasteiger partial charge in [0.15, 0.2) is 0 Å². The highest BCUT2D eigenvalue weighted by molar-refractivity contribution is 9.09. The van der Waals surface area contributed by atoms with E-state index in [1.807, 2.05) is 20.8 Å². The van der Waals surface area contributed by atoms with Gasteiger partial charge in [-0.25, -0.2) is 4.79 Å². The molecule has 1 rings (SSSR count). The molecule has 0 N–H and O–H groups in total. The van der Waals surface area contributed by atoms with E-state index in [1.54, 1.807) is 4.90 Å². The van der Waals surface area contributed by atoms with Gasteiger partial charge in [-0.3, -0.25) is 0 Å². The van der Waals surface area contributed by atoms with Gasteiger partial charge in [-0.2, -0.15) is 0 Å². The van der Waals surface area contributed by atoms with Gasteiger partial charge in [0.2, 0.25) is 0 Å². The van der Waals surface area contributed by atoms with Gasteiger partial charge in [0.1, 0.15) is 5.60 Å². The fourth-order valence-electron chi connectivity index (χ4n) is 2.73. The number of rotatable bonds is 8. The number of carbonyl (C=O) groups excluding carboxylic acids is 1. The van der Waals surface area contributed by atoms with E-state index in [0.29, 0.717) is 13.1 Å². The van der Waals surface area contributed by atoms with E-state index >= 15 is 0 Å². The lowest BCUT2D eigenvalue weighted by Gasteiger charge is -2.41. The monoisotopic (exact) mass is 391 g/mol. The van der Waals surface area contributed by atoms with Gasteiger partial charge in [-0.05, 0) is 40.0 Å². The molecular weight excluding hydrogens is 358 g/mol. The topological polar surface area (TPSA) is 38.8 Å². The second-order valence-electron chi connectivity index (χ2n) is 7.55. The number of hydrogen-bond acceptors (Lipinski definition) is 3. The van der Waals surface area contributed by atoms with Crippen molar-refractivity contribution in [1.82, 2.24) is 4.90 Å². The summed E-state index contributed by atoms with van der Waals surface area (Å²) >= 11 is 3.61. The second-order valence-corrected chi connectivity index (χ2v) is 8.11. The number of hydrogen-bond donors (Lipinski definition) is 0. The molecule has 4 nitrogen and oxygen atoms in total. The van der Waals surface area contributed by atoms with Crippen molar-refractivity contribution in [2.45, 2.75) is 83.8 Å². The number of nitrogens with zero attached hydrogens (tertiary/aromatic N) is 1. The second kappa shape index (κ2) is 9.87. The zero-order valence-electron chi connectivity index (χ0n) is 15.3. The van der Waals surface area contributed by atoms with Crippen LogP contribution in [0.1, 0.15) is 72.6 Å². The van der Waals surface area contributed by atoms with E-state index in [2.05, 4.69) is 22.9 Å². The van der Waals surface area contributed by atoms with Crippen molar-refractivity contribution in [3.8, 4) is 0 Å². The Balaban J connectivity index is 2.33. The highest BCUT2D eigenvalue weighted by Crippen LogP contribution is 2.29. The van der Waals surface area contributed by atoms with Crippen LogP contribution in [0.2, 0.25) is 0 Å². The summed E-state index contributed by atoms with van der Waals surface area (Å²) in [6, 6.07) is 0. The zero-order chi connectivity index (χ0) is 17.3. The molecule has 1 aliphatic rings. The smallest absolute Gasteiger partial charge is 0.410 e. The molecule has 0 spiro atoms. The van der Waals surface area contributed by atoms with E-state index < -0.39 is 5.60 Å². The van der Waals surface area contributed by atoms with E-state index in [-0.39, 0.29) is 11.7 Å². The first-order valence-corrected chi connectivity index (χ1v) is 10.1. The van der Waals surface area contributed by atoms with Crippen molar-refractivity contribution in [3.63, 3.8) is 0 Å². The Labute approximate surface area is 150 Å². The van der Waals surface area contributed by atoms with Crippen molar-refractivity contribution >= 4 is 22.0 Å². The summed E-state index contributed by atoms with van der Waals surface area (Å²) in [6.07, 6.45) is 7.79. The first kappa shape index (κ1) is 20.8. The van der Waals surface area contributed by atoms with Gasteiger partial charge >= 0.3 is 6.09 Å². The number of amides is 1. The normalized spacial score (nSPS) is 18.0. The Kier molecular flexibility index (Phi) is 8.91. The molecule has 1 amide bonds. The first-order valence-electron chi connectivity index (χ1n) is 9.00. The Morgan fingerprint density at radius 2 is 1.74 bits per heavy atom. The van der Waals surface area contributed by atoms with Gasteiger partial charge in [0, 0.05) is 25.0 Å². The predicted molar refractivity (Wildman–Crippen MR) is 98.3 cm³/mol. The summed E-state index contributed by atoms with van der Waals surface area (Å²) in [5, 5.41) is 0.830. The molecule has 0 radical (unpaired) electrons. The third-order valence-corrected chi connectivity index (χ3v) is 5.25. The molecule has 0 atom stereocenters. The molecule has 0 aromatic rings. The highest BCUT2D eigenvalue weighted by atomic mass is 79.9. The van der Waals surface area contributed by atoms with E-state index in [9.17, 15) is 4.79 Å². The average molecular weight is 392 g/mol. The maximum atomic E-state index is 12.1. The van der Waals surface area contributed by atoms with Crippen LogP contribution in [-0.4, -0.2) is 47.2 Å². The summed E-state index contributed by atoms with van der Waals surface area (Å²) in [5.74, 6) is 0. The Hall–Kier alpha value is -0.290. The summed E-state index contributed by atoms with van der Waals surface area (Å²) in [7, 11) is 0. The first-order chi connectivity index (χ1) is 10.8. The molecule has 0 unspecified atom stereocenters. The average Bonchev–Trinajstić information content (AvgIpc) is 2.49. The van der Waals surface area contributed by atoms with Crippen LogP contribution < -0.4 is 0 Å². The molecule has 0 aromatic carbocycles. The van der Waals surface area contributed by atoms with Gasteiger partial charge in [-0.15, -0.1) is 0 Å². The zero-order valence-corrected chi connectivity index (χ0v) is 16.9. The number of likely N-dealkylation sites (tertiary alicyclic amines) is 1. The van der Waals surface area contributed by atoms with Crippen LogP contribution in [0.3, 0.4) is 0 Å². The fourth-order valence-corrected chi connectivity index (χ4v) is 3.46. The molecule has 0 bridgehead atoms. The van der Waals surface area contributed by atoms with E-state index in [1.165, 1.54) is 25.7 Å².